The second-order valence-electron chi connectivity index (χ2n) is 5.52. The summed E-state index contributed by atoms with van der Waals surface area (Å²) < 4.78 is 32.5. The molecule has 1 aliphatic rings. The Labute approximate surface area is 126 Å². The Morgan fingerprint density at radius 3 is 2.38 bits per heavy atom. The summed E-state index contributed by atoms with van der Waals surface area (Å²) in [5.74, 6) is 0. The molecule has 0 saturated carbocycles. The van der Waals surface area contributed by atoms with Gasteiger partial charge in [0.05, 0.1) is 23.7 Å². The van der Waals surface area contributed by atoms with E-state index in [1.54, 1.807) is 18.2 Å². The van der Waals surface area contributed by atoms with Crippen molar-refractivity contribution < 1.29 is 18.3 Å². The third kappa shape index (κ3) is 3.45. The predicted molar refractivity (Wildman–Crippen MR) is 80.5 cm³/mol. The number of morpholine rings is 1. The minimum absolute atomic E-state index is 0.115. The third-order valence-corrected chi connectivity index (χ3v) is 5.58. The van der Waals surface area contributed by atoms with Gasteiger partial charge in [-0.1, -0.05) is 13.0 Å². The van der Waals surface area contributed by atoms with Gasteiger partial charge in [0.25, 0.3) is 0 Å². The van der Waals surface area contributed by atoms with Gasteiger partial charge >= 0.3 is 0 Å². The van der Waals surface area contributed by atoms with E-state index in [2.05, 4.69) is 0 Å². The lowest BCUT2D eigenvalue weighted by molar-refractivity contribution is -0.0440. The molecule has 2 rings (SSSR count). The zero-order valence-electron chi connectivity index (χ0n) is 12.7. The van der Waals surface area contributed by atoms with E-state index < -0.39 is 10.0 Å². The van der Waals surface area contributed by atoms with Crippen LogP contribution in [0.25, 0.3) is 0 Å². The second-order valence-corrected chi connectivity index (χ2v) is 7.46. The molecule has 0 bridgehead atoms. The van der Waals surface area contributed by atoms with Crippen molar-refractivity contribution in [1.29, 1.82) is 0 Å². The Kier molecular flexibility index (Phi) is 5.03. The van der Waals surface area contributed by atoms with E-state index in [0.29, 0.717) is 18.7 Å². The van der Waals surface area contributed by atoms with E-state index in [9.17, 15) is 13.5 Å². The highest BCUT2D eigenvalue weighted by Gasteiger charge is 2.32. The van der Waals surface area contributed by atoms with E-state index in [-0.39, 0.29) is 23.7 Å². The highest BCUT2D eigenvalue weighted by atomic mass is 32.2. The summed E-state index contributed by atoms with van der Waals surface area (Å²) in [5.41, 5.74) is 1.65. The first-order valence-electron chi connectivity index (χ1n) is 7.26. The molecule has 0 amide bonds. The molecule has 5 nitrogen and oxygen atoms in total. The Bertz CT molecular complexity index is 590. The zero-order valence-corrected chi connectivity index (χ0v) is 13.6. The summed E-state index contributed by atoms with van der Waals surface area (Å²) in [7, 11) is -3.54. The number of benzene rings is 1. The molecule has 21 heavy (non-hydrogen) atoms. The number of aliphatic hydroxyl groups excluding tert-OH is 1. The van der Waals surface area contributed by atoms with Crippen molar-refractivity contribution in [2.75, 3.05) is 13.1 Å². The van der Waals surface area contributed by atoms with Crippen molar-refractivity contribution in [2.24, 2.45) is 0 Å². The first kappa shape index (κ1) is 16.4. The summed E-state index contributed by atoms with van der Waals surface area (Å²) >= 11 is 0. The van der Waals surface area contributed by atoms with Crippen molar-refractivity contribution in [3.05, 3.63) is 29.3 Å². The monoisotopic (exact) mass is 313 g/mol. The summed E-state index contributed by atoms with van der Waals surface area (Å²) in [6, 6.07) is 4.99. The number of sulfonamides is 1. The Morgan fingerprint density at radius 2 is 1.86 bits per heavy atom. The van der Waals surface area contributed by atoms with Crippen LogP contribution in [-0.4, -0.2) is 43.1 Å². The second kappa shape index (κ2) is 6.44. The average molecular weight is 313 g/mol. The molecule has 6 heteroatoms. The predicted octanol–water partition coefficient (Wildman–Crippen LogP) is 1.54. The lowest BCUT2D eigenvalue weighted by Gasteiger charge is -2.34. The molecule has 118 valence electrons. The lowest BCUT2D eigenvalue weighted by atomic mass is 10.1. The molecule has 1 aromatic carbocycles. The Morgan fingerprint density at radius 1 is 1.24 bits per heavy atom. The van der Waals surface area contributed by atoms with E-state index in [1.807, 2.05) is 20.8 Å². The molecular formula is C15H23NO4S. The van der Waals surface area contributed by atoms with Gasteiger partial charge in [-0.05, 0) is 43.5 Å². The quantitative estimate of drug-likeness (QED) is 0.915. The summed E-state index contributed by atoms with van der Waals surface area (Å²) in [4.78, 5) is 0.241. The molecule has 1 fully saturated rings. The number of hydrogen-bond acceptors (Lipinski definition) is 4. The van der Waals surface area contributed by atoms with Crippen molar-refractivity contribution >= 4 is 10.0 Å². The molecule has 1 saturated heterocycles. The molecule has 2 atom stereocenters. The van der Waals surface area contributed by atoms with Crippen molar-refractivity contribution in [3.8, 4) is 0 Å². The standard InChI is InChI=1S/C15H23NO4S/c1-4-13-5-6-15(7-14(13)10-17)21(18,19)16-8-11(2)20-12(3)9-16/h5-7,11-12,17H,4,8-10H2,1-3H3/t11-,12+. The smallest absolute Gasteiger partial charge is 0.243 e. The SMILES string of the molecule is CCc1ccc(S(=O)(=O)N2C[C@@H](C)O[C@@H](C)C2)cc1CO. The molecule has 0 spiro atoms. The fraction of sp³-hybridized carbons (Fsp3) is 0.600. The van der Waals surface area contributed by atoms with E-state index in [4.69, 9.17) is 4.74 Å². The minimum Gasteiger partial charge on any atom is -0.392 e. The van der Waals surface area contributed by atoms with Gasteiger partial charge in [0.15, 0.2) is 0 Å². The summed E-state index contributed by atoms with van der Waals surface area (Å²) in [6.45, 7) is 6.29. The summed E-state index contributed by atoms with van der Waals surface area (Å²) in [5, 5.41) is 9.41. The first-order valence-corrected chi connectivity index (χ1v) is 8.70. The molecule has 0 aromatic heterocycles. The fourth-order valence-electron chi connectivity index (χ4n) is 2.73. The van der Waals surface area contributed by atoms with Crippen molar-refractivity contribution in [2.45, 2.75) is 50.9 Å². The topological polar surface area (TPSA) is 66.8 Å². The van der Waals surface area contributed by atoms with Gasteiger partial charge in [0, 0.05) is 13.1 Å². The minimum atomic E-state index is -3.54. The fourth-order valence-corrected chi connectivity index (χ4v) is 4.37. The number of aliphatic hydroxyl groups is 1. The lowest BCUT2D eigenvalue weighted by Crippen LogP contribution is -2.48. The largest absolute Gasteiger partial charge is 0.392 e. The molecule has 1 N–H and O–H groups in total. The van der Waals surface area contributed by atoms with Gasteiger partial charge in [-0.2, -0.15) is 4.31 Å². The number of aryl methyl sites for hydroxylation is 1. The van der Waals surface area contributed by atoms with Crippen LogP contribution in [0.2, 0.25) is 0 Å². The van der Waals surface area contributed by atoms with Gasteiger partial charge in [0.1, 0.15) is 0 Å². The van der Waals surface area contributed by atoms with Crippen LogP contribution >= 0.6 is 0 Å². The van der Waals surface area contributed by atoms with Crippen LogP contribution in [0.3, 0.4) is 0 Å². The molecule has 0 aliphatic carbocycles. The first-order chi connectivity index (χ1) is 9.88. The van der Waals surface area contributed by atoms with Crippen molar-refractivity contribution in [3.63, 3.8) is 0 Å². The Hall–Kier alpha value is -0.950. The average Bonchev–Trinajstić information content (AvgIpc) is 2.45. The van der Waals surface area contributed by atoms with Crippen LogP contribution in [0.15, 0.2) is 23.1 Å². The van der Waals surface area contributed by atoms with E-state index in [0.717, 1.165) is 12.0 Å². The molecule has 0 radical (unpaired) electrons. The summed E-state index contributed by atoms with van der Waals surface area (Å²) in [6.07, 6.45) is 0.536. The van der Waals surface area contributed by atoms with Crippen molar-refractivity contribution in [1.82, 2.24) is 4.31 Å². The number of nitrogens with zero attached hydrogens (tertiary/aromatic N) is 1. The highest BCUT2D eigenvalue weighted by molar-refractivity contribution is 7.89. The Balaban J connectivity index is 2.35. The van der Waals surface area contributed by atoms with Crippen LogP contribution in [-0.2, 0) is 27.8 Å². The van der Waals surface area contributed by atoms with Crippen LogP contribution in [0.5, 0.6) is 0 Å². The number of rotatable bonds is 4. The number of hydrogen-bond donors (Lipinski definition) is 1. The third-order valence-electron chi connectivity index (χ3n) is 3.75. The molecule has 1 heterocycles. The zero-order chi connectivity index (χ0) is 15.6. The van der Waals surface area contributed by atoms with Gasteiger partial charge in [-0.3, -0.25) is 0 Å². The number of ether oxygens (including phenoxy) is 1. The van der Waals surface area contributed by atoms with Crippen LogP contribution in [0, 0.1) is 0 Å². The molecular weight excluding hydrogens is 290 g/mol. The molecule has 0 unspecified atom stereocenters. The molecule has 1 aliphatic heterocycles. The van der Waals surface area contributed by atoms with Crippen LogP contribution < -0.4 is 0 Å². The molecule has 1 aromatic rings. The van der Waals surface area contributed by atoms with E-state index >= 15 is 0 Å². The maximum atomic E-state index is 12.7. The normalized spacial score (nSPS) is 24.2. The van der Waals surface area contributed by atoms with Gasteiger partial charge in [-0.25, -0.2) is 8.42 Å². The van der Waals surface area contributed by atoms with Gasteiger partial charge in [-0.15, -0.1) is 0 Å². The highest BCUT2D eigenvalue weighted by Crippen LogP contribution is 2.23. The van der Waals surface area contributed by atoms with E-state index in [1.165, 1.54) is 4.31 Å². The van der Waals surface area contributed by atoms with Crippen LogP contribution in [0.4, 0.5) is 0 Å². The van der Waals surface area contributed by atoms with Crippen LogP contribution in [0.1, 0.15) is 31.9 Å². The van der Waals surface area contributed by atoms with Gasteiger partial charge in [0.2, 0.25) is 10.0 Å². The maximum Gasteiger partial charge on any atom is 0.243 e. The maximum absolute atomic E-state index is 12.7. The van der Waals surface area contributed by atoms with Gasteiger partial charge < -0.3 is 9.84 Å².